The lowest BCUT2D eigenvalue weighted by Crippen LogP contribution is -2.40. The Morgan fingerprint density at radius 3 is 2.60 bits per heavy atom. The van der Waals surface area contributed by atoms with E-state index in [4.69, 9.17) is 0 Å². The van der Waals surface area contributed by atoms with E-state index in [-0.39, 0.29) is 23.5 Å². The Hall–Kier alpha value is -2.73. The van der Waals surface area contributed by atoms with Crippen molar-refractivity contribution >= 4 is 17.5 Å². The molecule has 3 rings (SSSR count). The van der Waals surface area contributed by atoms with Crippen molar-refractivity contribution in [1.82, 2.24) is 10.2 Å². The molecule has 2 N–H and O–H groups in total. The number of nitrogens with zero attached hydrogens (tertiary/aromatic N) is 1. The quantitative estimate of drug-likeness (QED) is 0.722. The van der Waals surface area contributed by atoms with Crippen molar-refractivity contribution in [1.29, 1.82) is 0 Å². The first-order chi connectivity index (χ1) is 14.4. The van der Waals surface area contributed by atoms with E-state index in [2.05, 4.69) is 15.5 Å². The van der Waals surface area contributed by atoms with Crippen LogP contribution in [0.25, 0.3) is 0 Å². The van der Waals surface area contributed by atoms with Crippen LogP contribution >= 0.6 is 0 Å². The summed E-state index contributed by atoms with van der Waals surface area (Å²) in [7, 11) is 0. The Labute approximate surface area is 177 Å². The van der Waals surface area contributed by atoms with Crippen LogP contribution in [-0.4, -0.2) is 36.3 Å². The van der Waals surface area contributed by atoms with Crippen molar-refractivity contribution in [2.24, 2.45) is 11.8 Å². The molecule has 1 heterocycles. The van der Waals surface area contributed by atoms with Gasteiger partial charge in [0.1, 0.15) is 5.82 Å². The summed E-state index contributed by atoms with van der Waals surface area (Å²) in [5, 5.41) is 5.87. The number of carbonyl (C=O) groups excluding carboxylic acids is 2. The highest BCUT2D eigenvalue weighted by atomic mass is 19.1. The molecule has 0 radical (unpaired) electrons. The first-order valence-electron chi connectivity index (χ1n) is 10.6. The van der Waals surface area contributed by atoms with Crippen LogP contribution in [-0.2, 0) is 11.3 Å². The van der Waals surface area contributed by atoms with Crippen molar-refractivity contribution in [3.63, 3.8) is 0 Å². The zero-order chi connectivity index (χ0) is 21.5. The van der Waals surface area contributed by atoms with Crippen LogP contribution in [0.15, 0.2) is 48.5 Å². The molecule has 2 amide bonds. The van der Waals surface area contributed by atoms with Gasteiger partial charge in [0, 0.05) is 19.6 Å². The topological polar surface area (TPSA) is 61.4 Å². The number of amides is 2. The maximum atomic E-state index is 13.1. The van der Waals surface area contributed by atoms with Crippen LogP contribution in [0.2, 0.25) is 0 Å². The molecule has 0 bridgehead atoms. The number of benzene rings is 2. The van der Waals surface area contributed by atoms with Gasteiger partial charge in [-0.05, 0) is 55.1 Å². The molecule has 30 heavy (non-hydrogen) atoms. The second kappa shape index (κ2) is 10.3. The molecule has 0 saturated carbocycles. The van der Waals surface area contributed by atoms with Gasteiger partial charge in [0.15, 0.2) is 0 Å². The van der Waals surface area contributed by atoms with Crippen molar-refractivity contribution in [3.05, 3.63) is 65.5 Å². The summed E-state index contributed by atoms with van der Waals surface area (Å²) in [5.41, 5.74) is 2.05. The Morgan fingerprint density at radius 1 is 1.13 bits per heavy atom. The van der Waals surface area contributed by atoms with Gasteiger partial charge < -0.3 is 10.6 Å². The Balaban J connectivity index is 1.61. The lowest BCUT2D eigenvalue weighted by molar-refractivity contribution is -0.121. The van der Waals surface area contributed by atoms with Gasteiger partial charge in [-0.3, -0.25) is 14.5 Å². The Morgan fingerprint density at radius 2 is 1.87 bits per heavy atom. The number of rotatable bonds is 7. The summed E-state index contributed by atoms with van der Waals surface area (Å²) in [6.07, 6.45) is 1.74. The number of para-hydroxylation sites is 1. The van der Waals surface area contributed by atoms with Gasteiger partial charge in [0.05, 0.1) is 17.2 Å². The molecule has 2 aromatic rings. The SMILES string of the molecule is CC(C)CNC(=O)c1ccccc1NC(=O)C1CCCN(Cc2ccc(F)cc2)C1. The largest absolute Gasteiger partial charge is 0.352 e. The number of nitrogens with one attached hydrogen (secondary N) is 2. The summed E-state index contributed by atoms with van der Waals surface area (Å²) < 4.78 is 13.1. The molecule has 1 aliphatic heterocycles. The number of hydrogen-bond acceptors (Lipinski definition) is 3. The maximum absolute atomic E-state index is 13.1. The Kier molecular flexibility index (Phi) is 7.57. The predicted octanol–water partition coefficient (Wildman–Crippen LogP) is 4.06. The van der Waals surface area contributed by atoms with Gasteiger partial charge in [-0.15, -0.1) is 0 Å². The molecule has 1 fully saturated rings. The van der Waals surface area contributed by atoms with E-state index < -0.39 is 0 Å². The number of likely N-dealkylation sites (tertiary alicyclic amines) is 1. The van der Waals surface area contributed by atoms with Gasteiger partial charge in [0.2, 0.25) is 5.91 Å². The molecular formula is C24H30FN3O2. The van der Waals surface area contributed by atoms with E-state index in [1.165, 1.54) is 12.1 Å². The van der Waals surface area contributed by atoms with Crippen LogP contribution in [0.1, 0.15) is 42.6 Å². The summed E-state index contributed by atoms with van der Waals surface area (Å²) in [6.45, 7) is 6.91. The minimum atomic E-state index is -0.245. The molecule has 1 unspecified atom stereocenters. The second-order valence-electron chi connectivity index (χ2n) is 8.34. The fraction of sp³-hybridized carbons (Fsp3) is 0.417. The third-order valence-electron chi connectivity index (χ3n) is 5.30. The first-order valence-corrected chi connectivity index (χ1v) is 10.6. The predicted molar refractivity (Wildman–Crippen MR) is 117 cm³/mol. The molecule has 1 saturated heterocycles. The summed E-state index contributed by atoms with van der Waals surface area (Å²) in [4.78, 5) is 27.7. The molecule has 1 aliphatic rings. The molecule has 160 valence electrons. The van der Waals surface area contributed by atoms with Gasteiger partial charge in [-0.2, -0.15) is 0 Å². The average molecular weight is 412 g/mol. The van der Waals surface area contributed by atoms with E-state index in [0.29, 0.717) is 36.8 Å². The van der Waals surface area contributed by atoms with E-state index in [1.54, 1.807) is 30.3 Å². The van der Waals surface area contributed by atoms with Crippen molar-refractivity contribution in [2.45, 2.75) is 33.2 Å². The van der Waals surface area contributed by atoms with Crippen LogP contribution in [0, 0.1) is 17.7 Å². The van der Waals surface area contributed by atoms with E-state index >= 15 is 0 Å². The standard InChI is InChI=1S/C24H30FN3O2/c1-17(2)14-26-24(30)21-7-3-4-8-22(21)27-23(29)19-6-5-13-28(16-19)15-18-9-11-20(25)12-10-18/h3-4,7-12,17,19H,5-6,13-16H2,1-2H3,(H,26,30)(H,27,29). The molecular weight excluding hydrogens is 381 g/mol. The second-order valence-corrected chi connectivity index (χ2v) is 8.34. The fourth-order valence-corrected chi connectivity index (χ4v) is 3.68. The fourth-order valence-electron chi connectivity index (χ4n) is 3.68. The smallest absolute Gasteiger partial charge is 0.253 e. The van der Waals surface area contributed by atoms with Gasteiger partial charge in [-0.1, -0.05) is 38.1 Å². The highest BCUT2D eigenvalue weighted by Gasteiger charge is 2.26. The van der Waals surface area contributed by atoms with Crippen LogP contribution in [0.3, 0.4) is 0 Å². The molecule has 6 heteroatoms. The van der Waals surface area contributed by atoms with Crippen LogP contribution < -0.4 is 10.6 Å². The van der Waals surface area contributed by atoms with Crippen LogP contribution in [0.5, 0.6) is 0 Å². The number of carbonyl (C=O) groups is 2. The molecule has 1 atom stereocenters. The summed E-state index contributed by atoms with van der Waals surface area (Å²) in [5.74, 6) is -0.286. The lowest BCUT2D eigenvalue weighted by atomic mass is 9.96. The van der Waals surface area contributed by atoms with E-state index in [9.17, 15) is 14.0 Å². The van der Waals surface area contributed by atoms with Crippen molar-refractivity contribution < 1.29 is 14.0 Å². The third-order valence-corrected chi connectivity index (χ3v) is 5.30. The zero-order valence-corrected chi connectivity index (χ0v) is 17.7. The average Bonchev–Trinajstić information content (AvgIpc) is 2.74. The molecule has 2 aromatic carbocycles. The van der Waals surface area contributed by atoms with Crippen molar-refractivity contribution in [2.75, 3.05) is 25.0 Å². The number of halogens is 1. The zero-order valence-electron chi connectivity index (χ0n) is 17.7. The molecule has 0 aromatic heterocycles. The summed E-state index contributed by atoms with van der Waals surface area (Å²) in [6, 6.07) is 13.6. The van der Waals surface area contributed by atoms with Crippen molar-refractivity contribution in [3.8, 4) is 0 Å². The van der Waals surface area contributed by atoms with E-state index in [0.717, 1.165) is 24.9 Å². The minimum Gasteiger partial charge on any atom is -0.352 e. The van der Waals surface area contributed by atoms with Gasteiger partial charge >= 0.3 is 0 Å². The lowest BCUT2D eigenvalue weighted by Gasteiger charge is -2.32. The minimum absolute atomic E-state index is 0.0667. The number of hydrogen-bond donors (Lipinski definition) is 2. The molecule has 0 spiro atoms. The summed E-state index contributed by atoms with van der Waals surface area (Å²) >= 11 is 0. The normalized spacial score (nSPS) is 17.0. The van der Waals surface area contributed by atoms with E-state index in [1.807, 2.05) is 19.9 Å². The van der Waals surface area contributed by atoms with Crippen LogP contribution in [0.4, 0.5) is 10.1 Å². The maximum Gasteiger partial charge on any atom is 0.253 e. The number of anilines is 1. The highest BCUT2D eigenvalue weighted by Crippen LogP contribution is 2.22. The molecule has 0 aliphatic carbocycles. The third kappa shape index (κ3) is 6.13. The number of piperidine rings is 1. The highest BCUT2D eigenvalue weighted by molar-refractivity contribution is 6.04. The Bertz CT molecular complexity index is 867. The molecule has 5 nitrogen and oxygen atoms in total. The monoisotopic (exact) mass is 411 g/mol. The van der Waals surface area contributed by atoms with Gasteiger partial charge in [-0.25, -0.2) is 4.39 Å². The van der Waals surface area contributed by atoms with Gasteiger partial charge in [0.25, 0.3) is 5.91 Å². The first kappa shape index (κ1) is 22.0.